The highest BCUT2D eigenvalue weighted by Crippen LogP contribution is 2.34. The van der Waals surface area contributed by atoms with E-state index in [4.69, 9.17) is 4.74 Å². The van der Waals surface area contributed by atoms with Crippen LogP contribution in [0.5, 0.6) is 0 Å². The largest absolute Gasteiger partial charge is 0.389 e. The van der Waals surface area contributed by atoms with Crippen LogP contribution in [-0.2, 0) is 24.1 Å². The SMILES string of the molecule is C=CCN(Cc1nc2sc3c(c2c(=O)[nH]1)CCC3)CC(O)COCC. The molecule has 0 saturated carbocycles. The quantitative estimate of drug-likeness (QED) is 0.665. The number of thiophene rings is 1. The summed E-state index contributed by atoms with van der Waals surface area (Å²) in [6.07, 6.45) is 4.36. The number of hydrogen-bond donors (Lipinski definition) is 2. The van der Waals surface area contributed by atoms with Gasteiger partial charge in [0.15, 0.2) is 0 Å². The molecule has 1 atom stereocenters. The third kappa shape index (κ3) is 4.17. The molecule has 2 heterocycles. The number of aliphatic hydroxyl groups is 1. The first-order valence-corrected chi connectivity index (χ1v) is 9.56. The first-order chi connectivity index (χ1) is 12.1. The molecule has 0 aromatic carbocycles. The number of ether oxygens (including phenoxy) is 1. The van der Waals surface area contributed by atoms with Crippen molar-refractivity contribution < 1.29 is 9.84 Å². The van der Waals surface area contributed by atoms with Crippen LogP contribution in [-0.4, -0.2) is 52.4 Å². The van der Waals surface area contributed by atoms with Crippen LogP contribution in [0.1, 0.15) is 29.6 Å². The number of aliphatic hydroxyl groups excluding tert-OH is 1. The number of H-pyrrole nitrogens is 1. The van der Waals surface area contributed by atoms with E-state index in [1.54, 1.807) is 17.4 Å². The summed E-state index contributed by atoms with van der Waals surface area (Å²) in [6.45, 7) is 8.04. The standard InChI is InChI=1S/C18H25N3O3S/c1-3-8-21(9-12(22)11-24-4-2)10-15-19-17(23)16-13-6-5-7-14(13)25-18(16)20-15/h3,12,22H,1,4-11H2,2H3,(H,19,20,23). The lowest BCUT2D eigenvalue weighted by Crippen LogP contribution is -2.35. The Bertz CT molecular complexity index is 799. The molecule has 1 aliphatic rings. The zero-order valence-corrected chi connectivity index (χ0v) is 15.4. The topological polar surface area (TPSA) is 78.5 Å². The van der Waals surface area contributed by atoms with E-state index in [0.717, 1.165) is 29.5 Å². The van der Waals surface area contributed by atoms with Crippen molar-refractivity contribution in [2.24, 2.45) is 0 Å². The molecule has 136 valence electrons. The number of aromatic nitrogens is 2. The van der Waals surface area contributed by atoms with Crippen molar-refractivity contribution in [3.63, 3.8) is 0 Å². The summed E-state index contributed by atoms with van der Waals surface area (Å²) < 4.78 is 5.26. The number of nitrogens with zero attached hydrogens (tertiary/aromatic N) is 2. The normalized spacial score (nSPS) is 15.0. The minimum absolute atomic E-state index is 0.0483. The number of aryl methyl sites for hydroxylation is 2. The lowest BCUT2D eigenvalue weighted by molar-refractivity contribution is 0.0214. The minimum atomic E-state index is -0.583. The molecule has 2 N–H and O–H groups in total. The smallest absolute Gasteiger partial charge is 0.259 e. The Hall–Kier alpha value is -1.54. The van der Waals surface area contributed by atoms with Gasteiger partial charge in [0.2, 0.25) is 0 Å². The first kappa shape index (κ1) is 18.3. The fourth-order valence-electron chi connectivity index (χ4n) is 3.32. The Balaban J connectivity index is 1.77. The molecule has 2 aromatic heterocycles. The van der Waals surface area contributed by atoms with E-state index in [1.165, 1.54) is 10.4 Å². The highest BCUT2D eigenvalue weighted by molar-refractivity contribution is 7.18. The minimum Gasteiger partial charge on any atom is -0.389 e. The Morgan fingerprint density at radius 2 is 2.36 bits per heavy atom. The van der Waals surface area contributed by atoms with Crippen LogP contribution >= 0.6 is 11.3 Å². The third-order valence-electron chi connectivity index (χ3n) is 4.37. The predicted octanol–water partition coefficient (Wildman–Crippen LogP) is 1.86. The molecule has 1 unspecified atom stereocenters. The Labute approximate surface area is 151 Å². The van der Waals surface area contributed by atoms with Gasteiger partial charge in [0.25, 0.3) is 5.56 Å². The van der Waals surface area contributed by atoms with Gasteiger partial charge >= 0.3 is 0 Å². The van der Waals surface area contributed by atoms with Crippen molar-refractivity contribution in [3.8, 4) is 0 Å². The summed E-state index contributed by atoms with van der Waals surface area (Å²) in [6, 6.07) is 0. The van der Waals surface area contributed by atoms with Crippen LogP contribution in [0.2, 0.25) is 0 Å². The Morgan fingerprint density at radius 3 is 3.12 bits per heavy atom. The maximum absolute atomic E-state index is 12.5. The monoisotopic (exact) mass is 363 g/mol. The van der Waals surface area contributed by atoms with Gasteiger partial charge < -0.3 is 14.8 Å². The summed E-state index contributed by atoms with van der Waals surface area (Å²) in [7, 11) is 0. The molecule has 0 bridgehead atoms. The molecule has 0 radical (unpaired) electrons. The fraction of sp³-hybridized carbons (Fsp3) is 0.556. The van der Waals surface area contributed by atoms with E-state index in [0.29, 0.717) is 38.7 Å². The molecule has 2 aromatic rings. The van der Waals surface area contributed by atoms with Gasteiger partial charge in [0.05, 0.1) is 24.6 Å². The van der Waals surface area contributed by atoms with Gasteiger partial charge in [-0.05, 0) is 31.7 Å². The van der Waals surface area contributed by atoms with Crippen LogP contribution in [0.25, 0.3) is 10.2 Å². The van der Waals surface area contributed by atoms with Gasteiger partial charge in [-0.3, -0.25) is 9.69 Å². The van der Waals surface area contributed by atoms with Crippen LogP contribution in [0.3, 0.4) is 0 Å². The maximum atomic E-state index is 12.5. The van der Waals surface area contributed by atoms with Crippen LogP contribution in [0.4, 0.5) is 0 Å². The number of nitrogens with one attached hydrogen (secondary N) is 1. The van der Waals surface area contributed by atoms with Crippen molar-refractivity contribution in [1.82, 2.24) is 14.9 Å². The molecule has 0 fully saturated rings. The molecule has 0 spiro atoms. The average Bonchev–Trinajstić information content (AvgIpc) is 3.13. The molecular weight excluding hydrogens is 338 g/mol. The third-order valence-corrected chi connectivity index (χ3v) is 5.55. The predicted molar refractivity (Wildman–Crippen MR) is 100 cm³/mol. The number of rotatable bonds is 9. The number of fused-ring (bicyclic) bond motifs is 3. The van der Waals surface area contributed by atoms with Crippen molar-refractivity contribution in [1.29, 1.82) is 0 Å². The number of hydrogen-bond acceptors (Lipinski definition) is 6. The van der Waals surface area contributed by atoms with E-state index in [2.05, 4.69) is 16.5 Å². The Kier molecular flexibility index (Phi) is 6.01. The van der Waals surface area contributed by atoms with Gasteiger partial charge in [-0.2, -0.15) is 0 Å². The van der Waals surface area contributed by atoms with Gasteiger partial charge in [-0.15, -0.1) is 17.9 Å². The molecule has 0 amide bonds. The molecule has 0 aliphatic heterocycles. The second-order valence-corrected chi connectivity index (χ2v) is 7.43. The summed E-state index contributed by atoms with van der Waals surface area (Å²) in [5, 5.41) is 10.8. The highest BCUT2D eigenvalue weighted by atomic mass is 32.1. The van der Waals surface area contributed by atoms with Gasteiger partial charge in [0.1, 0.15) is 10.7 Å². The van der Waals surface area contributed by atoms with Gasteiger partial charge in [-0.25, -0.2) is 4.98 Å². The van der Waals surface area contributed by atoms with Gasteiger partial charge in [0, 0.05) is 24.6 Å². The fourth-order valence-corrected chi connectivity index (χ4v) is 4.61. The molecule has 1 aliphatic carbocycles. The second-order valence-electron chi connectivity index (χ2n) is 6.35. The van der Waals surface area contributed by atoms with Crippen molar-refractivity contribution in [2.75, 3.05) is 26.3 Å². The molecule has 7 heteroatoms. The zero-order valence-electron chi connectivity index (χ0n) is 14.6. The van der Waals surface area contributed by atoms with Crippen LogP contribution < -0.4 is 5.56 Å². The molecule has 25 heavy (non-hydrogen) atoms. The second kappa shape index (κ2) is 8.23. The van der Waals surface area contributed by atoms with Crippen molar-refractivity contribution in [3.05, 3.63) is 39.3 Å². The number of aromatic amines is 1. The molecule has 0 saturated heterocycles. The lowest BCUT2D eigenvalue weighted by Gasteiger charge is -2.23. The zero-order chi connectivity index (χ0) is 17.8. The average molecular weight is 363 g/mol. The van der Waals surface area contributed by atoms with Crippen LogP contribution in [0, 0.1) is 0 Å². The van der Waals surface area contributed by atoms with Crippen molar-refractivity contribution in [2.45, 2.75) is 38.8 Å². The summed E-state index contributed by atoms with van der Waals surface area (Å²) >= 11 is 1.64. The molecular formula is C18H25N3O3S. The van der Waals surface area contributed by atoms with E-state index in [1.807, 2.05) is 11.8 Å². The van der Waals surface area contributed by atoms with E-state index >= 15 is 0 Å². The van der Waals surface area contributed by atoms with Crippen molar-refractivity contribution >= 4 is 21.6 Å². The highest BCUT2D eigenvalue weighted by Gasteiger charge is 2.21. The Morgan fingerprint density at radius 1 is 1.52 bits per heavy atom. The molecule has 6 nitrogen and oxygen atoms in total. The first-order valence-electron chi connectivity index (χ1n) is 8.74. The lowest BCUT2D eigenvalue weighted by atomic mass is 10.2. The van der Waals surface area contributed by atoms with E-state index < -0.39 is 6.10 Å². The van der Waals surface area contributed by atoms with E-state index in [9.17, 15) is 9.90 Å². The summed E-state index contributed by atoms with van der Waals surface area (Å²) in [4.78, 5) is 24.3. The summed E-state index contributed by atoms with van der Waals surface area (Å²) in [5.74, 6) is 0.628. The maximum Gasteiger partial charge on any atom is 0.259 e. The van der Waals surface area contributed by atoms with Gasteiger partial charge in [-0.1, -0.05) is 6.08 Å². The van der Waals surface area contributed by atoms with Crippen LogP contribution in [0.15, 0.2) is 17.4 Å². The summed E-state index contributed by atoms with van der Waals surface area (Å²) in [5.41, 5.74) is 1.14. The molecule has 3 rings (SSSR count). The van der Waals surface area contributed by atoms with E-state index in [-0.39, 0.29) is 5.56 Å².